The number of hydrogen-bond donors (Lipinski definition) is 0. The Morgan fingerprint density at radius 1 is 0.846 bits per heavy atom. The Morgan fingerprint density at radius 2 is 1.08 bits per heavy atom. The SMILES string of the molecule is C[Si](C)(OP(C)(C)=O)OP(C)(C)=O. The van der Waals surface area contributed by atoms with Crippen molar-refractivity contribution < 1.29 is 17.6 Å². The Hall–Kier alpha value is 0.597. The summed E-state index contributed by atoms with van der Waals surface area (Å²) in [7, 11) is -7.62. The van der Waals surface area contributed by atoms with Gasteiger partial charge in [0.1, 0.15) is 0 Å². The van der Waals surface area contributed by atoms with Gasteiger partial charge >= 0.3 is 8.56 Å². The van der Waals surface area contributed by atoms with E-state index >= 15 is 0 Å². The zero-order chi connectivity index (χ0) is 10.9. The first-order valence-corrected chi connectivity index (χ1v) is 11.8. The maximum Gasteiger partial charge on any atom is 0.343 e. The van der Waals surface area contributed by atoms with Crippen LogP contribution in [0.4, 0.5) is 0 Å². The van der Waals surface area contributed by atoms with Gasteiger partial charge in [-0.1, -0.05) is 0 Å². The van der Waals surface area contributed by atoms with Crippen molar-refractivity contribution in [2.45, 2.75) is 13.1 Å². The van der Waals surface area contributed by atoms with Crippen LogP contribution in [0, 0.1) is 0 Å². The van der Waals surface area contributed by atoms with Crippen molar-refractivity contribution in [1.29, 1.82) is 0 Å². The van der Waals surface area contributed by atoms with E-state index < -0.39 is 23.3 Å². The second-order valence-corrected chi connectivity index (χ2v) is 13.4. The highest BCUT2D eigenvalue weighted by atomic mass is 31.2. The van der Waals surface area contributed by atoms with Crippen LogP contribution in [0.5, 0.6) is 0 Å². The van der Waals surface area contributed by atoms with Crippen LogP contribution in [-0.2, 0) is 17.6 Å². The van der Waals surface area contributed by atoms with Crippen LogP contribution in [0.2, 0.25) is 13.1 Å². The molecule has 4 nitrogen and oxygen atoms in total. The average Bonchev–Trinajstić information content (AvgIpc) is 1.43. The summed E-state index contributed by atoms with van der Waals surface area (Å²) in [5, 5.41) is 0. The van der Waals surface area contributed by atoms with E-state index in [0.717, 1.165) is 0 Å². The van der Waals surface area contributed by atoms with Gasteiger partial charge in [0.25, 0.3) is 0 Å². The lowest BCUT2D eigenvalue weighted by Crippen LogP contribution is -2.31. The molecule has 0 N–H and O–H groups in total. The second-order valence-electron chi connectivity index (χ2n) is 4.09. The van der Waals surface area contributed by atoms with Gasteiger partial charge in [-0.15, -0.1) is 0 Å². The normalized spacial score (nSPS) is 14.6. The molecule has 7 heteroatoms. The van der Waals surface area contributed by atoms with E-state index in [-0.39, 0.29) is 0 Å². The molecule has 0 heterocycles. The van der Waals surface area contributed by atoms with Crippen LogP contribution in [0.15, 0.2) is 0 Å². The molecule has 13 heavy (non-hydrogen) atoms. The van der Waals surface area contributed by atoms with Gasteiger partial charge in [0.15, 0.2) is 14.7 Å². The Labute approximate surface area is 81.2 Å². The van der Waals surface area contributed by atoms with E-state index in [1.165, 1.54) is 26.7 Å². The zero-order valence-electron chi connectivity index (χ0n) is 9.03. The third kappa shape index (κ3) is 8.91. The van der Waals surface area contributed by atoms with Gasteiger partial charge < -0.3 is 8.43 Å². The minimum Gasteiger partial charge on any atom is -0.343 e. The van der Waals surface area contributed by atoms with E-state index in [4.69, 9.17) is 8.43 Å². The highest BCUT2D eigenvalue weighted by molar-refractivity contribution is 7.60. The van der Waals surface area contributed by atoms with Gasteiger partial charge in [-0.3, -0.25) is 9.13 Å². The fraction of sp³-hybridized carbons (Fsp3) is 1.00. The molecule has 0 radical (unpaired) electrons. The molecule has 0 aliphatic heterocycles. The molecule has 0 aliphatic rings. The summed E-state index contributed by atoms with van der Waals surface area (Å²) >= 11 is 0. The van der Waals surface area contributed by atoms with Crippen LogP contribution in [-0.4, -0.2) is 35.2 Å². The average molecular weight is 244 g/mol. The second kappa shape index (κ2) is 3.99. The molecule has 0 aromatic heterocycles. The van der Waals surface area contributed by atoms with Gasteiger partial charge in [-0.2, -0.15) is 0 Å². The Balaban J connectivity index is 4.43. The molecule has 0 aliphatic carbocycles. The predicted molar refractivity (Wildman–Crippen MR) is 58.6 cm³/mol. The van der Waals surface area contributed by atoms with Crippen LogP contribution in [0.3, 0.4) is 0 Å². The maximum absolute atomic E-state index is 11.4. The minimum absolute atomic E-state index is 1.53. The lowest BCUT2D eigenvalue weighted by atomic mass is 11.9. The predicted octanol–water partition coefficient (Wildman–Crippen LogP) is 2.80. The number of rotatable bonds is 4. The highest BCUT2D eigenvalue weighted by Gasteiger charge is 2.34. The first-order chi connectivity index (χ1) is 5.41. The van der Waals surface area contributed by atoms with Crippen molar-refractivity contribution in [3.8, 4) is 0 Å². The smallest absolute Gasteiger partial charge is 0.343 e. The molecule has 0 spiro atoms. The minimum atomic E-state index is -2.56. The first kappa shape index (κ1) is 13.6. The molecule has 0 saturated carbocycles. The van der Waals surface area contributed by atoms with Crippen molar-refractivity contribution in [2.24, 2.45) is 0 Å². The Bertz CT molecular complexity index is 238. The third-order valence-electron chi connectivity index (χ3n) is 0.879. The Morgan fingerprint density at radius 3 is 1.23 bits per heavy atom. The molecule has 0 bridgehead atoms. The molecule has 0 amide bonds. The topological polar surface area (TPSA) is 52.6 Å². The molecule has 0 atom stereocenters. The van der Waals surface area contributed by atoms with Crippen LogP contribution < -0.4 is 0 Å². The largest absolute Gasteiger partial charge is 0.343 e. The van der Waals surface area contributed by atoms with Gasteiger partial charge in [0.05, 0.1) is 0 Å². The van der Waals surface area contributed by atoms with Crippen molar-refractivity contribution >= 4 is 23.3 Å². The van der Waals surface area contributed by atoms with Crippen molar-refractivity contribution in [3.63, 3.8) is 0 Å². The summed E-state index contributed by atoms with van der Waals surface area (Å²) in [5.41, 5.74) is 0. The molecule has 0 fully saturated rings. The van der Waals surface area contributed by atoms with Crippen LogP contribution in [0.1, 0.15) is 0 Å². The number of hydrogen-bond acceptors (Lipinski definition) is 4. The van der Waals surface area contributed by atoms with Gasteiger partial charge in [0, 0.05) is 26.7 Å². The van der Waals surface area contributed by atoms with Gasteiger partial charge in [-0.25, -0.2) is 0 Å². The van der Waals surface area contributed by atoms with E-state index in [1.807, 2.05) is 0 Å². The third-order valence-corrected chi connectivity index (χ3v) is 7.91. The van der Waals surface area contributed by atoms with Crippen LogP contribution >= 0.6 is 14.7 Å². The van der Waals surface area contributed by atoms with Crippen molar-refractivity contribution in [1.82, 2.24) is 0 Å². The molecule has 80 valence electrons. The Kier molecular flexibility index (Phi) is 4.18. The molecule has 0 saturated heterocycles. The van der Waals surface area contributed by atoms with Crippen molar-refractivity contribution in [2.75, 3.05) is 26.7 Å². The molecule has 0 rings (SSSR count). The van der Waals surface area contributed by atoms with E-state index in [9.17, 15) is 9.13 Å². The molecular formula is C6H18O4P2Si. The quantitative estimate of drug-likeness (QED) is 0.563. The summed E-state index contributed by atoms with van der Waals surface area (Å²) in [6.45, 7) is 9.60. The van der Waals surface area contributed by atoms with Gasteiger partial charge in [-0.05, 0) is 13.1 Å². The first-order valence-electron chi connectivity index (χ1n) is 3.93. The highest BCUT2D eigenvalue weighted by Crippen LogP contribution is 2.47. The summed E-state index contributed by atoms with van der Waals surface area (Å²) in [5.74, 6) is 0. The summed E-state index contributed by atoms with van der Waals surface area (Å²) in [4.78, 5) is 0. The van der Waals surface area contributed by atoms with Crippen molar-refractivity contribution in [3.05, 3.63) is 0 Å². The molecule has 0 unspecified atom stereocenters. The fourth-order valence-corrected chi connectivity index (χ4v) is 9.98. The molecule has 0 aromatic rings. The lowest BCUT2D eigenvalue weighted by Gasteiger charge is -2.26. The van der Waals surface area contributed by atoms with Gasteiger partial charge in [0.2, 0.25) is 0 Å². The lowest BCUT2D eigenvalue weighted by molar-refractivity contribution is 0.393. The zero-order valence-corrected chi connectivity index (χ0v) is 11.8. The maximum atomic E-state index is 11.4. The molecular weight excluding hydrogens is 226 g/mol. The monoisotopic (exact) mass is 244 g/mol. The fourth-order valence-electron chi connectivity index (χ4n) is 1.08. The summed E-state index contributed by atoms with van der Waals surface area (Å²) in [6.07, 6.45) is 0. The van der Waals surface area contributed by atoms with E-state index in [1.54, 1.807) is 13.1 Å². The standard InChI is InChI=1S/C6H18O4P2Si/c1-11(2,7)9-13(5,6)10-12(3,4)8/h1-6H3. The summed E-state index contributed by atoms with van der Waals surface area (Å²) < 4.78 is 33.3. The van der Waals surface area contributed by atoms with E-state index in [2.05, 4.69) is 0 Å². The summed E-state index contributed by atoms with van der Waals surface area (Å²) in [6, 6.07) is 0. The molecule has 0 aromatic carbocycles. The van der Waals surface area contributed by atoms with Crippen LogP contribution in [0.25, 0.3) is 0 Å². The van der Waals surface area contributed by atoms with E-state index in [0.29, 0.717) is 0 Å².